The second-order valence-electron chi connectivity index (χ2n) is 6.30. The van der Waals surface area contributed by atoms with Crippen molar-refractivity contribution in [3.8, 4) is 0 Å². The zero-order valence-electron chi connectivity index (χ0n) is 15.4. The van der Waals surface area contributed by atoms with E-state index in [-0.39, 0.29) is 5.97 Å². The minimum atomic E-state index is -0.127. The van der Waals surface area contributed by atoms with Crippen molar-refractivity contribution in [1.29, 1.82) is 0 Å². The monoisotopic (exact) mass is 334 g/mol. The van der Waals surface area contributed by atoms with Crippen molar-refractivity contribution in [2.75, 3.05) is 7.11 Å². The number of epoxide rings is 1. The van der Waals surface area contributed by atoms with Crippen LogP contribution in [-0.2, 0) is 14.3 Å². The van der Waals surface area contributed by atoms with Gasteiger partial charge in [-0.25, -0.2) is 0 Å². The van der Waals surface area contributed by atoms with Crippen LogP contribution in [0.2, 0.25) is 0 Å². The molecule has 1 aliphatic heterocycles. The van der Waals surface area contributed by atoms with Crippen molar-refractivity contribution in [3.63, 3.8) is 0 Å². The molecule has 0 radical (unpaired) electrons. The number of allylic oxidation sites excluding steroid dienone is 4. The standard InChI is InChI=1S/C21H34O3/c1-3-4-5-6-10-13-16-19-20(24-19)17-14-11-8-7-9-12-15-18-21(22)23-2/h7,9-11,13-14,19-20H,3-6,8,12,15-18H2,1-2H3/b9-7-,13-10+,14-11-/t19-,20+/m0/s1. The minimum Gasteiger partial charge on any atom is -0.469 e. The summed E-state index contributed by atoms with van der Waals surface area (Å²) in [6.45, 7) is 2.24. The Kier molecular flexibility index (Phi) is 12.1. The third-order valence-corrected chi connectivity index (χ3v) is 4.15. The first kappa shape index (κ1) is 20.7. The molecule has 1 aliphatic rings. The fourth-order valence-electron chi connectivity index (χ4n) is 2.54. The van der Waals surface area contributed by atoms with E-state index in [1.54, 1.807) is 0 Å². The Morgan fingerprint density at radius 2 is 1.54 bits per heavy atom. The molecule has 0 aromatic rings. The fourth-order valence-corrected chi connectivity index (χ4v) is 2.54. The Morgan fingerprint density at radius 3 is 2.25 bits per heavy atom. The molecule has 1 saturated heterocycles. The Balaban J connectivity index is 1.92. The Morgan fingerprint density at radius 1 is 0.917 bits per heavy atom. The van der Waals surface area contributed by atoms with Crippen LogP contribution in [0.5, 0.6) is 0 Å². The number of unbranched alkanes of at least 4 members (excludes halogenated alkanes) is 4. The summed E-state index contributed by atoms with van der Waals surface area (Å²) in [6.07, 6.45) is 24.6. The fraction of sp³-hybridized carbons (Fsp3) is 0.667. The van der Waals surface area contributed by atoms with E-state index in [1.165, 1.54) is 32.8 Å². The van der Waals surface area contributed by atoms with E-state index in [1.807, 2.05) is 0 Å². The van der Waals surface area contributed by atoms with Gasteiger partial charge in [0.2, 0.25) is 0 Å². The molecule has 0 saturated carbocycles. The van der Waals surface area contributed by atoms with Crippen LogP contribution in [-0.4, -0.2) is 25.3 Å². The summed E-state index contributed by atoms with van der Waals surface area (Å²) < 4.78 is 10.3. The molecule has 2 atom stereocenters. The lowest BCUT2D eigenvalue weighted by Crippen LogP contribution is -1.98. The van der Waals surface area contributed by atoms with E-state index in [0.717, 1.165) is 32.1 Å². The van der Waals surface area contributed by atoms with Gasteiger partial charge >= 0.3 is 5.97 Å². The van der Waals surface area contributed by atoms with E-state index in [9.17, 15) is 4.79 Å². The molecule has 0 amide bonds. The highest BCUT2D eigenvalue weighted by molar-refractivity contribution is 5.69. The van der Waals surface area contributed by atoms with E-state index in [2.05, 4.69) is 48.1 Å². The summed E-state index contributed by atoms with van der Waals surface area (Å²) in [7, 11) is 1.43. The second kappa shape index (κ2) is 14.0. The molecular weight excluding hydrogens is 300 g/mol. The smallest absolute Gasteiger partial charge is 0.305 e. The van der Waals surface area contributed by atoms with Gasteiger partial charge in [-0.15, -0.1) is 0 Å². The van der Waals surface area contributed by atoms with Crippen molar-refractivity contribution in [2.24, 2.45) is 0 Å². The van der Waals surface area contributed by atoms with Crippen molar-refractivity contribution in [2.45, 2.75) is 83.3 Å². The lowest BCUT2D eigenvalue weighted by molar-refractivity contribution is -0.140. The van der Waals surface area contributed by atoms with Crippen LogP contribution >= 0.6 is 0 Å². The van der Waals surface area contributed by atoms with Gasteiger partial charge in [-0.05, 0) is 44.9 Å². The molecule has 0 aromatic carbocycles. The van der Waals surface area contributed by atoms with Gasteiger partial charge in [0.15, 0.2) is 0 Å². The summed E-state index contributed by atoms with van der Waals surface area (Å²) in [6, 6.07) is 0. The van der Waals surface area contributed by atoms with Crippen LogP contribution in [0.4, 0.5) is 0 Å². The predicted octanol–water partition coefficient (Wildman–Crippen LogP) is 5.52. The van der Waals surface area contributed by atoms with Gasteiger partial charge in [-0.3, -0.25) is 4.79 Å². The number of methoxy groups -OCH3 is 1. The number of hydrogen-bond acceptors (Lipinski definition) is 3. The highest BCUT2D eigenvalue weighted by atomic mass is 16.6. The van der Waals surface area contributed by atoms with Crippen LogP contribution in [0.25, 0.3) is 0 Å². The zero-order valence-corrected chi connectivity index (χ0v) is 15.4. The Labute approximate surface area is 147 Å². The molecule has 0 spiro atoms. The summed E-state index contributed by atoms with van der Waals surface area (Å²) in [5, 5.41) is 0. The van der Waals surface area contributed by atoms with E-state index in [4.69, 9.17) is 4.74 Å². The van der Waals surface area contributed by atoms with Crippen LogP contribution in [0.3, 0.4) is 0 Å². The lowest BCUT2D eigenvalue weighted by atomic mass is 10.1. The summed E-state index contributed by atoms with van der Waals surface area (Å²) in [5.74, 6) is -0.127. The second-order valence-corrected chi connectivity index (χ2v) is 6.30. The first-order valence-corrected chi connectivity index (χ1v) is 9.45. The van der Waals surface area contributed by atoms with E-state index < -0.39 is 0 Å². The van der Waals surface area contributed by atoms with Gasteiger partial charge in [0, 0.05) is 6.42 Å². The molecule has 0 N–H and O–H groups in total. The van der Waals surface area contributed by atoms with Gasteiger partial charge in [0.25, 0.3) is 0 Å². The highest BCUT2D eigenvalue weighted by Crippen LogP contribution is 2.29. The predicted molar refractivity (Wildman–Crippen MR) is 99.9 cm³/mol. The van der Waals surface area contributed by atoms with E-state index >= 15 is 0 Å². The molecule has 3 nitrogen and oxygen atoms in total. The van der Waals surface area contributed by atoms with Gasteiger partial charge in [0.05, 0.1) is 19.3 Å². The summed E-state index contributed by atoms with van der Waals surface area (Å²) in [5.41, 5.74) is 0. The van der Waals surface area contributed by atoms with Gasteiger partial charge in [-0.2, -0.15) is 0 Å². The van der Waals surface area contributed by atoms with Crippen molar-refractivity contribution in [1.82, 2.24) is 0 Å². The topological polar surface area (TPSA) is 38.8 Å². The van der Waals surface area contributed by atoms with Gasteiger partial charge < -0.3 is 9.47 Å². The Bertz CT molecular complexity index is 409. The number of hydrogen-bond donors (Lipinski definition) is 0. The molecule has 1 heterocycles. The molecule has 0 aromatic heterocycles. The quantitative estimate of drug-likeness (QED) is 0.182. The third kappa shape index (κ3) is 11.2. The van der Waals surface area contributed by atoms with E-state index in [0.29, 0.717) is 18.6 Å². The minimum absolute atomic E-state index is 0.127. The average molecular weight is 335 g/mol. The largest absolute Gasteiger partial charge is 0.469 e. The zero-order chi connectivity index (χ0) is 17.5. The average Bonchev–Trinajstić information content (AvgIpc) is 3.34. The van der Waals surface area contributed by atoms with Gasteiger partial charge in [0.1, 0.15) is 0 Å². The van der Waals surface area contributed by atoms with Crippen molar-refractivity contribution < 1.29 is 14.3 Å². The molecular formula is C21H34O3. The normalized spacial score (nSPS) is 20.4. The number of ether oxygens (including phenoxy) is 2. The number of carbonyl (C=O) groups is 1. The summed E-state index contributed by atoms with van der Waals surface area (Å²) in [4.78, 5) is 10.9. The van der Waals surface area contributed by atoms with Gasteiger partial charge in [-0.1, -0.05) is 56.2 Å². The molecule has 136 valence electrons. The van der Waals surface area contributed by atoms with Crippen LogP contribution in [0.15, 0.2) is 36.5 Å². The molecule has 3 heteroatoms. The molecule has 24 heavy (non-hydrogen) atoms. The van der Waals surface area contributed by atoms with Crippen LogP contribution < -0.4 is 0 Å². The maximum absolute atomic E-state index is 10.9. The number of carbonyl (C=O) groups excluding carboxylic acids is 1. The number of esters is 1. The molecule has 1 fully saturated rings. The molecule has 0 bridgehead atoms. The van der Waals surface area contributed by atoms with Crippen molar-refractivity contribution >= 4 is 5.97 Å². The first-order valence-electron chi connectivity index (χ1n) is 9.45. The van der Waals surface area contributed by atoms with Crippen molar-refractivity contribution in [3.05, 3.63) is 36.5 Å². The SMILES string of the molecule is CCCCC/C=C/C[C@@H]1O[C@@H]1C/C=C\C/C=C\CCCC(=O)OC. The number of rotatable bonds is 14. The maximum Gasteiger partial charge on any atom is 0.305 e. The third-order valence-electron chi connectivity index (χ3n) is 4.15. The highest BCUT2D eigenvalue weighted by Gasteiger charge is 2.35. The molecule has 1 rings (SSSR count). The Hall–Kier alpha value is -1.35. The van der Waals surface area contributed by atoms with Crippen LogP contribution in [0.1, 0.15) is 71.1 Å². The lowest BCUT2D eigenvalue weighted by Gasteiger charge is -1.95. The first-order chi connectivity index (χ1) is 11.8. The van der Waals surface area contributed by atoms with Crippen LogP contribution in [0, 0.1) is 0 Å². The summed E-state index contributed by atoms with van der Waals surface area (Å²) >= 11 is 0. The maximum atomic E-state index is 10.9. The molecule has 0 unspecified atom stereocenters. The molecule has 0 aliphatic carbocycles.